The zero-order valence-corrected chi connectivity index (χ0v) is 16.3. The summed E-state index contributed by atoms with van der Waals surface area (Å²) in [6.07, 6.45) is -1.14. The van der Waals surface area contributed by atoms with Crippen molar-refractivity contribution in [3.63, 3.8) is 0 Å². The van der Waals surface area contributed by atoms with Crippen LogP contribution in [0.25, 0.3) is 11.1 Å². The van der Waals surface area contributed by atoms with Crippen molar-refractivity contribution in [1.29, 1.82) is 0 Å². The molecule has 2 atom stereocenters. The van der Waals surface area contributed by atoms with Gasteiger partial charge in [-0.05, 0) is 29.2 Å². The number of benzene rings is 2. The third kappa shape index (κ3) is 3.26. The maximum Gasteiger partial charge on any atom is 0.425 e. The molecule has 0 saturated carbocycles. The van der Waals surface area contributed by atoms with Crippen LogP contribution in [0.5, 0.6) is 0 Å². The molecule has 2 aromatic carbocycles. The molecule has 0 spiro atoms. The van der Waals surface area contributed by atoms with Gasteiger partial charge in [0.25, 0.3) is 0 Å². The van der Waals surface area contributed by atoms with Gasteiger partial charge in [-0.3, -0.25) is 8.98 Å². The monoisotopic (exact) mass is 417 g/mol. The molecular formula is C20H19NO7S. The number of carbonyl (C=O) groups excluding carboxylic acids is 1. The van der Waals surface area contributed by atoms with Gasteiger partial charge in [-0.15, -0.1) is 0 Å². The molecule has 29 heavy (non-hydrogen) atoms. The van der Waals surface area contributed by atoms with Crippen LogP contribution in [-0.2, 0) is 24.0 Å². The number of fused-ring (bicyclic) bond motifs is 3. The van der Waals surface area contributed by atoms with Gasteiger partial charge in [0.2, 0.25) is 0 Å². The van der Waals surface area contributed by atoms with Crippen LogP contribution >= 0.6 is 0 Å². The highest BCUT2D eigenvalue weighted by Crippen LogP contribution is 2.44. The number of hydrogen-bond acceptors (Lipinski definition) is 6. The maximum absolute atomic E-state index is 12.6. The van der Waals surface area contributed by atoms with Crippen molar-refractivity contribution in [2.75, 3.05) is 13.2 Å². The normalized spacial score (nSPS) is 20.7. The third-order valence-electron chi connectivity index (χ3n) is 5.41. The van der Waals surface area contributed by atoms with E-state index in [4.69, 9.17) is 4.74 Å². The SMILES string of the molecule is CC(C(=O)O)[C@@H]1COS(=O)(=O)N1C(=O)OCC1c2ccccc2-c2ccccc21. The largest absolute Gasteiger partial charge is 0.481 e. The number of aliphatic carboxylic acids is 1. The molecule has 1 heterocycles. The predicted molar refractivity (Wildman–Crippen MR) is 102 cm³/mol. The number of carbonyl (C=O) groups is 2. The number of rotatable bonds is 4. The van der Waals surface area contributed by atoms with Gasteiger partial charge in [0, 0.05) is 5.92 Å². The van der Waals surface area contributed by atoms with E-state index in [1.165, 1.54) is 6.92 Å². The lowest BCUT2D eigenvalue weighted by atomic mass is 9.98. The second-order valence-corrected chi connectivity index (χ2v) is 8.52. The van der Waals surface area contributed by atoms with Crippen molar-refractivity contribution >= 4 is 22.4 Å². The summed E-state index contributed by atoms with van der Waals surface area (Å²) in [5.41, 5.74) is 4.05. The molecule has 1 unspecified atom stereocenters. The van der Waals surface area contributed by atoms with Gasteiger partial charge >= 0.3 is 22.4 Å². The van der Waals surface area contributed by atoms with Crippen molar-refractivity contribution in [1.82, 2.24) is 4.31 Å². The molecule has 0 bridgehead atoms. The van der Waals surface area contributed by atoms with Crippen molar-refractivity contribution in [3.05, 3.63) is 59.7 Å². The summed E-state index contributed by atoms with van der Waals surface area (Å²) < 4.78 is 34.7. The summed E-state index contributed by atoms with van der Waals surface area (Å²) in [6, 6.07) is 14.3. The summed E-state index contributed by atoms with van der Waals surface area (Å²) in [4.78, 5) is 23.9. The number of amides is 1. The van der Waals surface area contributed by atoms with E-state index in [9.17, 15) is 23.1 Å². The Balaban J connectivity index is 1.57. The number of carboxylic acids is 1. The smallest absolute Gasteiger partial charge is 0.425 e. The minimum atomic E-state index is -4.39. The van der Waals surface area contributed by atoms with Gasteiger partial charge in [-0.2, -0.15) is 12.7 Å². The highest BCUT2D eigenvalue weighted by atomic mass is 32.2. The van der Waals surface area contributed by atoms with E-state index in [2.05, 4.69) is 4.18 Å². The van der Waals surface area contributed by atoms with E-state index in [1.807, 2.05) is 48.5 Å². The summed E-state index contributed by atoms with van der Waals surface area (Å²) in [7, 11) is -4.39. The van der Waals surface area contributed by atoms with E-state index in [-0.39, 0.29) is 12.5 Å². The van der Waals surface area contributed by atoms with E-state index in [0.29, 0.717) is 4.31 Å². The molecule has 1 saturated heterocycles. The maximum atomic E-state index is 12.6. The Morgan fingerprint density at radius 2 is 1.69 bits per heavy atom. The molecule has 2 aromatic rings. The molecule has 1 aliphatic heterocycles. The molecule has 1 fully saturated rings. The van der Waals surface area contributed by atoms with Crippen LogP contribution in [0.4, 0.5) is 4.79 Å². The first-order chi connectivity index (χ1) is 13.8. The Kier molecular flexibility index (Phi) is 4.79. The average Bonchev–Trinajstić information content (AvgIpc) is 3.19. The van der Waals surface area contributed by atoms with Gasteiger partial charge in [0.1, 0.15) is 6.61 Å². The fourth-order valence-corrected chi connectivity index (χ4v) is 5.08. The Hall–Kier alpha value is -2.91. The third-order valence-corrected chi connectivity index (χ3v) is 6.75. The van der Waals surface area contributed by atoms with Crippen LogP contribution in [0.1, 0.15) is 24.0 Å². The molecule has 8 nitrogen and oxygen atoms in total. The lowest BCUT2D eigenvalue weighted by Gasteiger charge is -2.23. The van der Waals surface area contributed by atoms with Crippen LogP contribution in [-0.4, -0.2) is 49.1 Å². The number of ether oxygens (including phenoxy) is 1. The molecule has 9 heteroatoms. The van der Waals surface area contributed by atoms with Gasteiger partial charge in [-0.1, -0.05) is 48.5 Å². The minimum absolute atomic E-state index is 0.0763. The molecular weight excluding hydrogens is 398 g/mol. The van der Waals surface area contributed by atoms with Gasteiger partial charge in [0.05, 0.1) is 18.6 Å². The Bertz CT molecular complexity index is 1040. The fourth-order valence-electron chi connectivity index (χ4n) is 3.84. The topological polar surface area (TPSA) is 110 Å². The van der Waals surface area contributed by atoms with Crippen molar-refractivity contribution in [2.24, 2.45) is 5.92 Å². The highest BCUT2D eigenvalue weighted by molar-refractivity contribution is 7.85. The number of carboxylic acid groups (broad SMARTS) is 1. The van der Waals surface area contributed by atoms with Crippen molar-refractivity contribution in [2.45, 2.75) is 18.9 Å². The molecule has 152 valence electrons. The quantitative estimate of drug-likeness (QED) is 0.814. The lowest BCUT2D eigenvalue weighted by molar-refractivity contribution is -0.142. The number of hydrogen-bond donors (Lipinski definition) is 1. The van der Waals surface area contributed by atoms with Crippen LogP contribution in [0.2, 0.25) is 0 Å². The van der Waals surface area contributed by atoms with E-state index in [0.717, 1.165) is 22.3 Å². The molecule has 1 N–H and O–H groups in total. The fraction of sp³-hybridized carbons (Fsp3) is 0.300. The zero-order valence-electron chi connectivity index (χ0n) is 15.5. The van der Waals surface area contributed by atoms with Gasteiger partial charge < -0.3 is 9.84 Å². The van der Waals surface area contributed by atoms with E-state index in [1.54, 1.807) is 0 Å². The second-order valence-electron chi connectivity index (χ2n) is 7.04. The van der Waals surface area contributed by atoms with Crippen LogP contribution < -0.4 is 0 Å². The van der Waals surface area contributed by atoms with Gasteiger partial charge in [-0.25, -0.2) is 4.79 Å². The first-order valence-corrected chi connectivity index (χ1v) is 10.4. The summed E-state index contributed by atoms with van der Waals surface area (Å²) in [5.74, 6) is -2.60. The zero-order chi connectivity index (χ0) is 20.8. The lowest BCUT2D eigenvalue weighted by Crippen LogP contribution is -2.45. The van der Waals surface area contributed by atoms with Crippen LogP contribution in [0, 0.1) is 5.92 Å². The van der Waals surface area contributed by atoms with E-state index < -0.39 is 40.9 Å². The number of nitrogens with zero attached hydrogens (tertiary/aromatic N) is 1. The van der Waals surface area contributed by atoms with Crippen LogP contribution in [0.15, 0.2) is 48.5 Å². The molecule has 1 aliphatic carbocycles. The molecule has 2 aliphatic rings. The summed E-state index contributed by atoms with van der Waals surface area (Å²) >= 11 is 0. The van der Waals surface area contributed by atoms with Gasteiger partial charge in [0.15, 0.2) is 0 Å². The van der Waals surface area contributed by atoms with Crippen molar-refractivity contribution < 1.29 is 32.0 Å². The average molecular weight is 417 g/mol. The Morgan fingerprint density at radius 3 is 2.24 bits per heavy atom. The first-order valence-electron chi connectivity index (χ1n) is 9.08. The molecule has 1 amide bonds. The predicted octanol–water partition coefficient (Wildman–Crippen LogP) is 2.60. The van der Waals surface area contributed by atoms with Crippen molar-refractivity contribution in [3.8, 4) is 11.1 Å². The van der Waals surface area contributed by atoms with Crippen LogP contribution in [0.3, 0.4) is 0 Å². The Morgan fingerprint density at radius 1 is 1.14 bits per heavy atom. The molecule has 4 rings (SSSR count). The summed E-state index contributed by atoms with van der Waals surface area (Å²) in [5, 5.41) is 9.20. The first kappa shape index (κ1) is 19.4. The second kappa shape index (κ2) is 7.16. The molecule has 0 aromatic heterocycles. The summed E-state index contributed by atoms with van der Waals surface area (Å²) in [6.45, 7) is 0.827. The minimum Gasteiger partial charge on any atom is -0.481 e. The van der Waals surface area contributed by atoms with E-state index >= 15 is 0 Å². The standard InChI is InChI=1S/C20H19NO7S/c1-12(19(22)23)18-11-28-29(25,26)21(18)20(24)27-10-17-15-8-4-2-6-13(15)14-7-3-5-9-16(14)17/h2-9,12,17-18H,10-11H2,1H3,(H,22,23)/t12?,18-/m0/s1. The Labute approximate surface area is 167 Å². The molecule has 0 radical (unpaired) electrons. The highest BCUT2D eigenvalue weighted by Gasteiger charge is 2.48.